The average Bonchev–Trinajstić information content (AvgIpc) is 2.10. The second-order valence-electron chi connectivity index (χ2n) is 1.70. The van der Waals surface area contributed by atoms with Crippen molar-refractivity contribution in [2.75, 3.05) is 0 Å². The van der Waals surface area contributed by atoms with Gasteiger partial charge in [0.25, 0.3) is 15.3 Å². The molecule has 0 aliphatic carbocycles. The van der Waals surface area contributed by atoms with Crippen LogP contribution in [-0.4, -0.2) is 74.6 Å². The fraction of sp³-hybridized carbons (Fsp3) is 0.333. The fourth-order valence-corrected chi connectivity index (χ4v) is 1.04. The topological polar surface area (TPSA) is 93.3 Å². The number of hydrogen-bond acceptors (Lipinski definition) is 6. The monoisotopic (exact) mass is 236 g/mol. The van der Waals surface area contributed by atoms with Gasteiger partial charge in [0.1, 0.15) is 0 Å². The second-order valence-corrected chi connectivity index (χ2v) is 3.54. The average molecular weight is 236 g/mol. The normalized spacial score (nSPS) is 10.8. The van der Waals surface area contributed by atoms with Gasteiger partial charge in [-0.1, -0.05) is 12.6 Å². The molecule has 0 saturated carbocycles. The summed E-state index contributed by atoms with van der Waals surface area (Å²) in [7, 11) is -4.09. The van der Waals surface area contributed by atoms with Crippen molar-refractivity contribution in [1.82, 2.24) is 10.2 Å². The van der Waals surface area contributed by atoms with Crippen LogP contribution in [0, 0.1) is 0 Å². The summed E-state index contributed by atoms with van der Waals surface area (Å²) in [6.07, 6.45) is 0. The first-order valence-electron chi connectivity index (χ1n) is 2.44. The summed E-state index contributed by atoms with van der Waals surface area (Å²) in [5.41, 5.74) is 0. The molecule has 1 N–H and O–H groups in total. The van der Waals surface area contributed by atoms with Gasteiger partial charge in [-0.05, 0) is 0 Å². The van der Waals surface area contributed by atoms with Gasteiger partial charge in [-0.15, -0.1) is 10.2 Å². The molecule has 1 rings (SSSR count). The summed E-state index contributed by atoms with van der Waals surface area (Å²) in [5, 5.41) is 6.50. The van der Waals surface area contributed by atoms with E-state index in [-0.39, 0.29) is 62.5 Å². The zero-order valence-electron chi connectivity index (χ0n) is 5.13. The van der Waals surface area contributed by atoms with Gasteiger partial charge >= 0.3 is 51.4 Å². The van der Waals surface area contributed by atoms with Crippen LogP contribution in [0.1, 0.15) is 5.89 Å². The van der Waals surface area contributed by atoms with Gasteiger partial charge in [0.05, 0.1) is 0 Å². The Morgan fingerprint density at radius 2 is 2.08 bits per heavy atom. The Balaban J connectivity index is 0.00000121. The molecular formula is C3H5KN2O4S2. The van der Waals surface area contributed by atoms with E-state index in [1.54, 1.807) is 0 Å². The SMILES string of the molecule is O=S(=O)(O)Cc1nnc(S)o1.[KH]. The molecule has 0 aliphatic heterocycles. The van der Waals surface area contributed by atoms with Crippen molar-refractivity contribution in [3.8, 4) is 0 Å². The molecule has 0 amide bonds. The summed E-state index contributed by atoms with van der Waals surface area (Å²) in [6.45, 7) is 0. The van der Waals surface area contributed by atoms with Crippen molar-refractivity contribution in [3.63, 3.8) is 0 Å². The van der Waals surface area contributed by atoms with Crippen molar-refractivity contribution < 1.29 is 17.4 Å². The van der Waals surface area contributed by atoms with Crippen LogP contribution in [0.15, 0.2) is 9.64 Å². The molecule has 0 unspecified atom stereocenters. The Labute approximate surface area is 117 Å². The molecular weight excluding hydrogens is 231 g/mol. The zero-order chi connectivity index (χ0) is 8.48. The van der Waals surface area contributed by atoms with Gasteiger partial charge < -0.3 is 4.42 Å². The minimum absolute atomic E-state index is 0. The maximum atomic E-state index is 10.2. The van der Waals surface area contributed by atoms with Crippen LogP contribution in [0.25, 0.3) is 0 Å². The Hall–Kier alpha value is 1.04. The van der Waals surface area contributed by atoms with E-state index < -0.39 is 15.9 Å². The van der Waals surface area contributed by atoms with E-state index in [1.807, 2.05) is 0 Å². The Morgan fingerprint density at radius 1 is 1.50 bits per heavy atom. The van der Waals surface area contributed by atoms with E-state index >= 15 is 0 Å². The maximum absolute atomic E-state index is 10.2. The standard InChI is InChI=1S/C3H4N2O4S2.K.H/c6-11(7,8)1-2-4-5-3(10)9-2;;/h1H2,(H,5,10)(H,6,7,8);;. The van der Waals surface area contributed by atoms with Crippen molar-refractivity contribution in [1.29, 1.82) is 0 Å². The molecule has 0 atom stereocenters. The summed E-state index contributed by atoms with van der Waals surface area (Å²) < 4.78 is 33.3. The molecule has 0 radical (unpaired) electrons. The van der Waals surface area contributed by atoms with Gasteiger partial charge in [0.2, 0.25) is 5.89 Å². The van der Waals surface area contributed by atoms with Crippen LogP contribution < -0.4 is 0 Å². The fourth-order valence-electron chi connectivity index (χ4n) is 0.459. The third kappa shape index (κ3) is 4.92. The molecule has 1 aromatic rings. The van der Waals surface area contributed by atoms with Gasteiger partial charge in [-0.25, -0.2) is 0 Å². The molecule has 1 aromatic heterocycles. The predicted octanol–water partition coefficient (Wildman–Crippen LogP) is -0.902. The van der Waals surface area contributed by atoms with E-state index in [4.69, 9.17) is 4.55 Å². The van der Waals surface area contributed by atoms with E-state index in [9.17, 15) is 8.42 Å². The van der Waals surface area contributed by atoms with Gasteiger partial charge in [-0.3, -0.25) is 4.55 Å². The van der Waals surface area contributed by atoms with Crippen molar-refractivity contribution in [3.05, 3.63) is 5.89 Å². The molecule has 0 fully saturated rings. The molecule has 0 aromatic carbocycles. The first-order chi connectivity index (χ1) is 4.97. The number of rotatable bonds is 2. The van der Waals surface area contributed by atoms with E-state index in [0.29, 0.717) is 0 Å². The quantitative estimate of drug-likeness (QED) is 0.392. The molecule has 64 valence electrons. The Morgan fingerprint density at radius 3 is 2.42 bits per heavy atom. The first kappa shape index (κ1) is 13.0. The number of thiol groups is 1. The molecule has 0 saturated heterocycles. The third-order valence-corrected chi connectivity index (χ3v) is 1.55. The number of nitrogens with zero attached hydrogens (tertiary/aromatic N) is 2. The van der Waals surface area contributed by atoms with Gasteiger partial charge in [0.15, 0.2) is 5.75 Å². The van der Waals surface area contributed by atoms with Crippen LogP contribution in [0.2, 0.25) is 0 Å². The van der Waals surface area contributed by atoms with E-state index in [0.717, 1.165) is 0 Å². The molecule has 12 heavy (non-hydrogen) atoms. The van der Waals surface area contributed by atoms with Crippen molar-refractivity contribution in [2.24, 2.45) is 0 Å². The first-order valence-corrected chi connectivity index (χ1v) is 4.49. The number of aromatic nitrogens is 2. The molecule has 0 spiro atoms. The zero-order valence-corrected chi connectivity index (χ0v) is 6.84. The predicted molar refractivity (Wildman–Crippen MR) is 44.0 cm³/mol. The van der Waals surface area contributed by atoms with Crippen LogP contribution >= 0.6 is 12.6 Å². The summed E-state index contributed by atoms with van der Waals surface area (Å²) >= 11 is 3.64. The summed E-state index contributed by atoms with van der Waals surface area (Å²) in [4.78, 5) is 0. The Bertz CT molecular complexity index is 347. The molecule has 1 heterocycles. The van der Waals surface area contributed by atoms with E-state index in [2.05, 4.69) is 27.2 Å². The van der Waals surface area contributed by atoms with Crippen LogP contribution in [0.5, 0.6) is 0 Å². The molecule has 9 heteroatoms. The molecule has 6 nitrogen and oxygen atoms in total. The molecule has 0 aliphatic rings. The number of hydrogen-bond donors (Lipinski definition) is 2. The van der Waals surface area contributed by atoms with Gasteiger partial charge in [-0.2, -0.15) is 8.42 Å². The van der Waals surface area contributed by atoms with Crippen LogP contribution in [-0.2, 0) is 15.9 Å². The Kier molecular flexibility index (Phi) is 5.49. The van der Waals surface area contributed by atoms with E-state index in [1.165, 1.54) is 0 Å². The summed E-state index contributed by atoms with van der Waals surface area (Å²) in [5.74, 6) is -0.863. The third-order valence-electron chi connectivity index (χ3n) is 0.762. The second kappa shape index (κ2) is 5.05. The minimum atomic E-state index is -4.09. The van der Waals surface area contributed by atoms with Crippen LogP contribution in [0.4, 0.5) is 0 Å². The van der Waals surface area contributed by atoms with Crippen molar-refractivity contribution >= 4 is 74.1 Å². The van der Waals surface area contributed by atoms with Crippen molar-refractivity contribution in [2.45, 2.75) is 11.0 Å². The summed E-state index contributed by atoms with van der Waals surface area (Å²) in [6, 6.07) is 0. The van der Waals surface area contributed by atoms with Gasteiger partial charge in [0, 0.05) is 0 Å². The van der Waals surface area contributed by atoms with Crippen LogP contribution in [0.3, 0.4) is 0 Å². The molecule has 0 bridgehead atoms.